The van der Waals surface area contributed by atoms with Crippen LogP contribution in [0.4, 0.5) is 8.78 Å². The van der Waals surface area contributed by atoms with Gasteiger partial charge in [-0.3, -0.25) is 0 Å². The fourth-order valence-corrected chi connectivity index (χ4v) is 3.44. The van der Waals surface area contributed by atoms with Gasteiger partial charge in [0.25, 0.3) is 0 Å². The van der Waals surface area contributed by atoms with Gasteiger partial charge in [0, 0.05) is 26.2 Å². The molecule has 0 spiro atoms. The minimum atomic E-state index is -3.80. The zero-order chi connectivity index (χ0) is 13.9. The maximum absolute atomic E-state index is 12.4. The van der Waals surface area contributed by atoms with Gasteiger partial charge in [-0.25, -0.2) is 8.42 Å². The van der Waals surface area contributed by atoms with Crippen molar-refractivity contribution in [2.45, 2.75) is 11.5 Å². The molecule has 0 saturated carbocycles. The second kappa shape index (κ2) is 5.81. The fourth-order valence-electron chi connectivity index (χ4n) is 1.88. The van der Waals surface area contributed by atoms with E-state index in [1.165, 1.54) is 28.6 Å². The van der Waals surface area contributed by atoms with Crippen LogP contribution in [0.5, 0.6) is 5.75 Å². The molecule has 1 aromatic rings. The van der Waals surface area contributed by atoms with Crippen LogP contribution in [0.25, 0.3) is 0 Å². The van der Waals surface area contributed by atoms with Gasteiger partial charge >= 0.3 is 6.61 Å². The number of sulfonamides is 1. The average molecular weight is 292 g/mol. The fraction of sp³-hybridized carbons (Fsp3) is 0.455. The van der Waals surface area contributed by atoms with Crippen LogP contribution in [0, 0.1) is 0 Å². The Morgan fingerprint density at radius 2 is 1.84 bits per heavy atom. The summed E-state index contributed by atoms with van der Waals surface area (Å²) in [5.74, 6) is -0.323. The summed E-state index contributed by atoms with van der Waals surface area (Å²) >= 11 is 0. The summed E-state index contributed by atoms with van der Waals surface area (Å²) < 4.78 is 54.8. The normalized spacial score (nSPS) is 17.6. The number of benzene rings is 1. The molecular formula is C11H14F2N2O3S. The van der Waals surface area contributed by atoms with Gasteiger partial charge in [-0.2, -0.15) is 13.1 Å². The van der Waals surface area contributed by atoms with Gasteiger partial charge in [0.05, 0.1) is 0 Å². The molecule has 106 valence electrons. The van der Waals surface area contributed by atoms with Crippen molar-refractivity contribution in [1.82, 2.24) is 9.62 Å². The highest BCUT2D eigenvalue weighted by Crippen LogP contribution is 2.27. The molecule has 0 unspecified atom stereocenters. The zero-order valence-electron chi connectivity index (χ0n) is 10.1. The van der Waals surface area contributed by atoms with Crippen LogP contribution in [0.15, 0.2) is 29.2 Å². The van der Waals surface area contributed by atoms with Gasteiger partial charge in [-0.05, 0) is 12.1 Å². The molecule has 1 saturated heterocycles. The van der Waals surface area contributed by atoms with Gasteiger partial charge in [-0.1, -0.05) is 12.1 Å². The summed E-state index contributed by atoms with van der Waals surface area (Å²) in [6, 6.07) is 5.43. The molecule has 0 radical (unpaired) electrons. The molecule has 1 fully saturated rings. The molecule has 0 aromatic heterocycles. The molecule has 1 heterocycles. The summed E-state index contributed by atoms with van der Waals surface area (Å²) in [6.07, 6.45) is 0. The van der Waals surface area contributed by atoms with Crippen molar-refractivity contribution in [1.29, 1.82) is 0 Å². The van der Waals surface area contributed by atoms with Crippen molar-refractivity contribution in [3.63, 3.8) is 0 Å². The Bertz CT molecular complexity index is 530. The molecule has 1 aliphatic heterocycles. The number of alkyl halides is 2. The van der Waals surface area contributed by atoms with Crippen LogP contribution in [-0.2, 0) is 10.0 Å². The molecule has 2 rings (SSSR count). The lowest BCUT2D eigenvalue weighted by atomic mass is 10.3. The topological polar surface area (TPSA) is 58.6 Å². The molecule has 8 heteroatoms. The lowest BCUT2D eigenvalue weighted by Gasteiger charge is -2.27. The van der Waals surface area contributed by atoms with E-state index in [1.54, 1.807) is 0 Å². The Kier molecular flexibility index (Phi) is 4.33. The number of nitrogens with one attached hydrogen (secondary N) is 1. The number of hydrogen-bond donors (Lipinski definition) is 1. The smallest absolute Gasteiger partial charge is 0.387 e. The summed E-state index contributed by atoms with van der Waals surface area (Å²) in [7, 11) is -3.80. The van der Waals surface area contributed by atoms with Crippen molar-refractivity contribution in [2.24, 2.45) is 0 Å². The third-order valence-electron chi connectivity index (χ3n) is 2.76. The monoisotopic (exact) mass is 292 g/mol. The number of piperazine rings is 1. The number of nitrogens with zero attached hydrogens (tertiary/aromatic N) is 1. The number of halogens is 2. The predicted molar refractivity (Wildman–Crippen MR) is 64.7 cm³/mol. The first-order valence-electron chi connectivity index (χ1n) is 5.76. The Morgan fingerprint density at radius 1 is 1.21 bits per heavy atom. The van der Waals surface area contributed by atoms with Crippen LogP contribution in [-0.4, -0.2) is 45.5 Å². The number of hydrogen-bond acceptors (Lipinski definition) is 4. The van der Waals surface area contributed by atoms with Crippen LogP contribution >= 0.6 is 0 Å². The molecule has 0 atom stereocenters. The highest BCUT2D eigenvalue weighted by molar-refractivity contribution is 7.89. The third kappa shape index (κ3) is 3.20. The predicted octanol–water partition coefficient (Wildman–Crippen LogP) is 0.882. The van der Waals surface area contributed by atoms with Crippen LogP contribution < -0.4 is 10.1 Å². The molecular weight excluding hydrogens is 278 g/mol. The quantitative estimate of drug-likeness (QED) is 0.895. The zero-order valence-corrected chi connectivity index (χ0v) is 10.9. The molecule has 0 bridgehead atoms. The largest absolute Gasteiger partial charge is 0.433 e. The van der Waals surface area contributed by atoms with Gasteiger partial charge in [0.2, 0.25) is 10.0 Å². The SMILES string of the molecule is O=S(=O)(c1ccccc1OC(F)F)N1CCNCC1. The molecule has 0 aliphatic carbocycles. The van der Waals surface area contributed by atoms with Crippen LogP contribution in [0.1, 0.15) is 0 Å². The van der Waals surface area contributed by atoms with E-state index in [0.29, 0.717) is 26.2 Å². The molecule has 1 aliphatic rings. The Hall–Kier alpha value is -1.25. The van der Waals surface area contributed by atoms with E-state index >= 15 is 0 Å². The summed E-state index contributed by atoms with van der Waals surface area (Å²) in [5.41, 5.74) is 0. The molecule has 1 N–H and O–H groups in total. The maximum Gasteiger partial charge on any atom is 0.387 e. The minimum absolute atomic E-state index is 0.225. The van der Waals surface area contributed by atoms with E-state index in [1.807, 2.05) is 0 Å². The lowest BCUT2D eigenvalue weighted by Crippen LogP contribution is -2.46. The second-order valence-electron chi connectivity index (χ2n) is 3.98. The van der Waals surface area contributed by atoms with Gasteiger partial charge < -0.3 is 10.1 Å². The summed E-state index contributed by atoms with van der Waals surface area (Å²) in [5, 5.41) is 3.03. The van der Waals surface area contributed by atoms with Crippen molar-refractivity contribution >= 4 is 10.0 Å². The number of rotatable bonds is 4. The summed E-state index contributed by atoms with van der Waals surface area (Å²) in [6.45, 7) is -1.36. The van der Waals surface area contributed by atoms with Crippen molar-refractivity contribution in [3.05, 3.63) is 24.3 Å². The van der Waals surface area contributed by atoms with E-state index in [-0.39, 0.29) is 10.6 Å². The maximum atomic E-state index is 12.4. The summed E-state index contributed by atoms with van der Waals surface area (Å²) in [4.78, 5) is -0.225. The number of ether oxygens (including phenoxy) is 1. The lowest BCUT2D eigenvalue weighted by molar-refractivity contribution is -0.0517. The standard InChI is InChI=1S/C11H14F2N2O3S/c12-11(13)18-9-3-1-2-4-10(9)19(16,17)15-7-5-14-6-8-15/h1-4,11,14H,5-8H2. The first-order chi connectivity index (χ1) is 9.01. The van der Waals surface area contributed by atoms with Crippen molar-refractivity contribution in [2.75, 3.05) is 26.2 Å². The van der Waals surface area contributed by atoms with Gasteiger partial charge in [0.15, 0.2) is 0 Å². The average Bonchev–Trinajstić information content (AvgIpc) is 2.39. The van der Waals surface area contributed by atoms with Crippen molar-refractivity contribution in [3.8, 4) is 5.75 Å². The molecule has 19 heavy (non-hydrogen) atoms. The van der Waals surface area contributed by atoms with E-state index in [4.69, 9.17) is 0 Å². The van der Waals surface area contributed by atoms with E-state index in [2.05, 4.69) is 10.1 Å². The molecule has 1 aromatic carbocycles. The van der Waals surface area contributed by atoms with E-state index in [9.17, 15) is 17.2 Å². The van der Waals surface area contributed by atoms with Crippen LogP contribution in [0.2, 0.25) is 0 Å². The van der Waals surface area contributed by atoms with E-state index < -0.39 is 16.6 Å². The third-order valence-corrected chi connectivity index (χ3v) is 4.70. The molecule has 5 nitrogen and oxygen atoms in total. The van der Waals surface area contributed by atoms with Gasteiger partial charge in [-0.15, -0.1) is 0 Å². The van der Waals surface area contributed by atoms with Gasteiger partial charge in [0.1, 0.15) is 10.6 Å². The number of para-hydroxylation sites is 1. The first-order valence-corrected chi connectivity index (χ1v) is 7.20. The van der Waals surface area contributed by atoms with Crippen molar-refractivity contribution < 1.29 is 21.9 Å². The first kappa shape index (κ1) is 14.2. The highest BCUT2D eigenvalue weighted by Gasteiger charge is 2.29. The Balaban J connectivity index is 2.34. The molecule has 0 amide bonds. The second-order valence-corrected chi connectivity index (χ2v) is 5.89. The Labute approximate surface area is 110 Å². The Morgan fingerprint density at radius 3 is 2.47 bits per heavy atom. The highest BCUT2D eigenvalue weighted by atomic mass is 32.2. The minimum Gasteiger partial charge on any atom is -0.433 e. The van der Waals surface area contributed by atoms with E-state index in [0.717, 1.165) is 0 Å². The van der Waals surface area contributed by atoms with Crippen LogP contribution in [0.3, 0.4) is 0 Å².